The number of aliphatic carboxylic acids is 1. The quantitative estimate of drug-likeness (QED) is 0.924. The summed E-state index contributed by atoms with van der Waals surface area (Å²) in [5.74, 6) is -1.20. The van der Waals surface area contributed by atoms with Crippen molar-refractivity contribution in [2.24, 2.45) is 0 Å². The number of nitrogens with zero attached hydrogens (tertiary/aromatic N) is 1. The zero-order valence-corrected chi connectivity index (χ0v) is 12.9. The molecule has 0 unspecified atom stereocenters. The molecule has 0 aliphatic heterocycles. The first kappa shape index (κ1) is 15.3. The molecule has 1 amide bonds. The normalized spacial score (nSPS) is 12.7. The van der Waals surface area contributed by atoms with Crippen LogP contribution in [0.1, 0.15) is 33.5 Å². The van der Waals surface area contributed by atoms with E-state index in [2.05, 4.69) is 6.07 Å². The topological polar surface area (TPSA) is 57.6 Å². The fourth-order valence-corrected chi connectivity index (χ4v) is 3.16. The average Bonchev–Trinajstić information content (AvgIpc) is 3.02. The van der Waals surface area contributed by atoms with Crippen molar-refractivity contribution in [2.75, 3.05) is 6.54 Å². The molecule has 0 spiro atoms. The Labute approximate surface area is 135 Å². The van der Waals surface area contributed by atoms with E-state index in [4.69, 9.17) is 5.11 Å². The van der Waals surface area contributed by atoms with Gasteiger partial charge in [0.05, 0.1) is 0 Å². The van der Waals surface area contributed by atoms with E-state index in [9.17, 15) is 9.59 Å². The molecule has 0 aromatic heterocycles. The number of carboxylic acid groups (broad SMARTS) is 1. The third-order valence-corrected chi connectivity index (χ3v) is 4.21. The molecule has 3 rings (SSSR count). The van der Waals surface area contributed by atoms with Gasteiger partial charge in [-0.1, -0.05) is 42.5 Å². The highest BCUT2D eigenvalue weighted by Crippen LogP contribution is 2.26. The monoisotopic (exact) mass is 309 g/mol. The van der Waals surface area contributed by atoms with E-state index in [-0.39, 0.29) is 12.5 Å². The van der Waals surface area contributed by atoms with Gasteiger partial charge >= 0.3 is 5.97 Å². The van der Waals surface area contributed by atoms with E-state index in [1.807, 2.05) is 42.5 Å². The predicted octanol–water partition coefficient (Wildman–Crippen LogP) is 2.90. The summed E-state index contributed by atoms with van der Waals surface area (Å²) < 4.78 is 0. The van der Waals surface area contributed by atoms with Gasteiger partial charge in [-0.25, -0.2) is 0 Å². The van der Waals surface area contributed by atoms with Gasteiger partial charge in [-0.2, -0.15) is 0 Å². The molecule has 2 aromatic carbocycles. The SMILES string of the molecule is O=C(O)CN(Cc1ccccc1)C(=O)c1cccc2c1CCC2. The minimum atomic E-state index is -0.998. The van der Waals surface area contributed by atoms with Crippen LogP contribution in [-0.2, 0) is 24.2 Å². The average molecular weight is 309 g/mol. The van der Waals surface area contributed by atoms with Crippen molar-refractivity contribution in [2.45, 2.75) is 25.8 Å². The number of fused-ring (bicyclic) bond motifs is 1. The summed E-state index contributed by atoms with van der Waals surface area (Å²) in [4.78, 5) is 25.5. The first-order valence-electron chi connectivity index (χ1n) is 7.81. The van der Waals surface area contributed by atoms with Crippen LogP contribution in [-0.4, -0.2) is 28.4 Å². The van der Waals surface area contributed by atoms with E-state index in [1.54, 1.807) is 0 Å². The van der Waals surface area contributed by atoms with E-state index < -0.39 is 5.97 Å². The highest BCUT2D eigenvalue weighted by Gasteiger charge is 2.24. The molecule has 0 radical (unpaired) electrons. The molecule has 1 aliphatic carbocycles. The summed E-state index contributed by atoms with van der Waals surface area (Å²) in [6.45, 7) is 0.00698. The molecule has 2 aromatic rings. The standard InChI is InChI=1S/C19H19NO3/c21-18(22)13-20(12-14-6-2-1-3-7-14)19(23)17-11-5-9-15-8-4-10-16(15)17/h1-3,5-7,9,11H,4,8,10,12-13H2,(H,21,22). The van der Waals surface area contributed by atoms with Crippen LogP contribution in [0.5, 0.6) is 0 Å². The Hall–Kier alpha value is -2.62. The second kappa shape index (κ2) is 6.65. The van der Waals surface area contributed by atoms with Crippen LogP contribution in [0, 0.1) is 0 Å². The number of hydrogen-bond acceptors (Lipinski definition) is 2. The Balaban J connectivity index is 1.89. The number of rotatable bonds is 5. The number of carbonyl (C=O) groups excluding carboxylic acids is 1. The summed E-state index contributed by atoms with van der Waals surface area (Å²) >= 11 is 0. The van der Waals surface area contributed by atoms with Crippen molar-refractivity contribution in [3.05, 3.63) is 70.8 Å². The summed E-state index contributed by atoms with van der Waals surface area (Å²) in [5.41, 5.74) is 3.87. The maximum atomic E-state index is 12.9. The van der Waals surface area contributed by atoms with Gasteiger partial charge in [0.15, 0.2) is 0 Å². The lowest BCUT2D eigenvalue weighted by Gasteiger charge is -2.22. The maximum absolute atomic E-state index is 12.9. The first-order valence-corrected chi connectivity index (χ1v) is 7.81. The van der Waals surface area contributed by atoms with Crippen LogP contribution >= 0.6 is 0 Å². The van der Waals surface area contributed by atoms with Crippen LogP contribution < -0.4 is 0 Å². The van der Waals surface area contributed by atoms with Gasteiger partial charge in [0.25, 0.3) is 5.91 Å². The molecule has 118 valence electrons. The summed E-state index contributed by atoms with van der Waals surface area (Å²) in [6.07, 6.45) is 2.94. The van der Waals surface area contributed by atoms with Crippen LogP contribution in [0.3, 0.4) is 0 Å². The van der Waals surface area contributed by atoms with Crippen LogP contribution in [0.15, 0.2) is 48.5 Å². The van der Waals surface area contributed by atoms with E-state index >= 15 is 0 Å². The molecule has 0 saturated carbocycles. The molecule has 4 heteroatoms. The molecule has 0 saturated heterocycles. The Bertz CT molecular complexity index is 725. The molecule has 0 bridgehead atoms. The molecule has 1 aliphatic rings. The van der Waals surface area contributed by atoms with Gasteiger partial charge in [0, 0.05) is 12.1 Å². The Kier molecular flexibility index (Phi) is 4.42. The summed E-state index contributed by atoms with van der Waals surface area (Å²) in [7, 11) is 0. The van der Waals surface area contributed by atoms with E-state index in [0.29, 0.717) is 12.1 Å². The molecular formula is C19H19NO3. The number of carboxylic acids is 1. The number of hydrogen-bond donors (Lipinski definition) is 1. The molecule has 4 nitrogen and oxygen atoms in total. The lowest BCUT2D eigenvalue weighted by atomic mass is 10.0. The van der Waals surface area contributed by atoms with Crippen molar-refractivity contribution in [1.29, 1.82) is 0 Å². The minimum absolute atomic E-state index is 0.199. The Morgan fingerprint density at radius 3 is 2.52 bits per heavy atom. The Morgan fingerprint density at radius 1 is 1.00 bits per heavy atom. The highest BCUT2D eigenvalue weighted by molar-refractivity contribution is 5.97. The van der Waals surface area contributed by atoms with Crippen LogP contribution in [0.25, 0.3) is 0 Å². The molecule has 0 atom stereocenters. The van der Waals surface area contributed by atoms with Gasteiger partial charge < -0.3 is 10.0 Å². The lowest BCUT2D eigenvalue weighted by molar-refractivity contribution is -0.137. The molecule has 23 heavy (non-hydrogen) atoms. The molecule has 1 N–H and O–H groups in total. The molecule has 0 fully saturated rings. The Morgan fingerprint density at radius 2 is 1.78 bits per heavy atom. The van der Waals surface area contributed by atoms with Gasteiger partial charge in [-0.05, 0) is 42.0 Å². The maximum Gasteiger partial charge on any atom is 0.323 e. The predicted molar refractivity (Wildman–Crippen MR) is 87.3 cm³/mol. The van der Waals surface area contributed by atoms with Crippen LogP contribution in [0.4, 0.5) is 0 Å². The second-order valence-electron chi connectivity index (χ2n) is 5.84. The van der Waals surface area contributed by atoms with E-state index in [1.165, 1.54) is 10.5 Å². The summed E-state index contributed by atoms with van der Waals surface area (Å²) in [5, 5.41) is 9.16. The van der Waals surface area contributed by atoms with Crippen LogP contribution in [0.2, 0.25) is 0 Å². The van der Waals surface area contributed by atoms with Gasteiger partial charge in [-0.3, -0.25) is 9.59 Å². The zero-order chi connectivity index (χ0) is 16.2. The van der Waals surface area contributed by atoms with Crippen molar-refractivity contribution >= 4 is 11.9 Å². The fraction of sp³-hybridized carbons (Fsp3) is 0.263. The van der Waals surface area contributed by atoms with Gasteiger partial charge in [0.2, 0.25) is 0 Å². The highest BCUT2D eigenvalue weighted by atomic mass is 16.4. The van der Waals surface area contributed by atoms with Gasteiger partial charge in [0.1, 0.15) is 6.54 Å². The van der Waals surface area contributed by atoms with Crippen molar-refractivity contribution in [3.63, 3.8) is 0 Å². The molecular weight excluding hydrogens is 290 g/mol. The smallest absolute Gasteiger partial charge is 0.323 e. The third kappa shape index (κ3) is 3.42. The van der Waals surface area contributed by atoms with Gasteiger partial charge in [-0.15, -0.1) is 0 Å². The van der Waals surface area contributed by atoms with Crippen molar-refractivity contribution < 1.29 is 14.7 Å². The van der Waals surface area contributed by atoms with E-state index in [0.717, 1.165) is 30.4 Å². The van der Waals surface area contributed by atoms with Crippen molar-refractivity contribution in [3.8, 4) is 0 Å². The zero-order valence-electron chi connectivity index (χ0n) is 12.9. The first-order chi connectivity index (χ1) is 11.1. The van der Waals surface area contributed by atoms with Crippen molar-refractivity contribution in [1.82, 2.24) is 4.90 Å². The third-order valence-electron chi connectivity index (χ3n) is 4.21. The minimum Gasteiger partial charge on any atom is -0.480 e. The second-order valence-corrected chi connectivity index (χ2v) is 5.84. The number of aryl methyl sites for hydroxylation is 1. The molecule has 0 heterocycles. The fourth-order valence-electron chi connectivity index (χ4n) is 3.16. The number of amides is 1. The number of carbonyl (C=O) groups is 2. The number of benzene rings is 2. The summed E-state index contributed by atoms with van der Waals surface area (Å²) in [6, 6.07) is 15.2. The lowest BCUT2D eigenvalue weighted by Crippen LogP contribution is -2.35. The largest absolute Gasteiger partial charge is 0.480 e.